The van der Waals surface area contributed by atoms with E-state index in [0.29, 0.717) is 27.7 Å². The van der Waals surface area contributed by atoms with E-state index >= 15 is 0 Å². The highest BCUT2D eigenvalue weighted by molar-refractivity contribution is 7.98. The molecule has 29 heavy (non-hydrogen) atoms. The number of hydrogen-bond donors (Lipinski definition) is 0. The first kappa shape index (κ1) is 19.5. The molecular weight excluding hydrogens is 382 g/mol. The van der Waals surface area contributed by atoms with Crippen LogP contribution in [0.1, 0.15) is 43.2 Å². The zero-order chi connectivity index (χ0) is 20.4. The minimum Gasteiger partial charge on any atom is -0.361 e. The van der Waals surface area contributed by atoms with Crippen molar-refractivity contribution >= 4 is 22.7 Å². The van der Waals surface area contributed by atoms with Crippen molar-refractivity contribution in [2.24, 2.45) is 0 Å². The molecule has 0 saturated heterocycles. The van der Waals surface area contributed by atoms with Crippen molar-refractivity contribution in [2.45, 2.75) is 44.0 Å². The predicted molar refractivity (Wildman–Crippen MR) is 117 cm³/mol. The maximum Gasteiger partial charge on any atom is 0.266 e. The Morgan fingerprint density at radius 2 is 1.90 bits per heavy atom. The highest BCUT2D eigenvalue weighted by atomic mass is 32.2. The zero-order valence-corrected chi connectivity index (χ0v) is 17.6. The van der Waals surface area contributed by atoms with E-state index in [9.17, 15) is 4.79 Å². The predicted octanol–water partition coefficient (Wildman–Crippen LogP) is 5.49. The molecule has 0 spiro atoms. The Hall–Kier alpha value is -2.86. The average molecular weight is 406 g/mol. The molecule has 2 aromatic carbocycles. The van der Waals surface area contributed by atoms with Gasteiger partial charge in [0.05, 0.1) is 22.3 Å². The van der Waals surface area contributed by atoms with Gasteiger partial charge in [0.25, 0.3) is 5.56 Å². The maximum absolute atomic E-state index is 13.3. The van der Waals surface area contributed by atoms with E-state index in [0.717, 1.165) is 23.6 Å². The molecule has 0 aliphatic heterocycles. The summed E-state index contributed by atoms with van der Waals surface area (Å²) in [5.74, 6) is 1.83. The average Bonchev–Trinajstić information content (AvgIpc) is 3.17. The van der Waals surface area contributed by atoms with Gasteiger partial charge in [0, 0.05) is 11.8 Å². The van der Waals surface area contributed by atoms with E-state index in [1.165, 1.54) is 17.3 Å². The van der Waals surface area contributed by atoms with Gasteiger partial charge in [-0.25, -0.2) is 4.98 Å². The maximum atomic E-state index is 13.3. The molecule has 0 N–H and O–H groups in total. The molecule has 0 unspecified atom stereocenters. The van der Waals surface area contributed by atoms with Gasteiger partial charge in [-0.3, -0.25) is 9.36 Å². The van der Waals surface area contributed by atoms with Crippen LogP contribution in [0.4, 0.5) is 0 Å². The summed E-state index contributed by atoms with van der Waals surface area (Å²) >= 11 is 1.48. The molecule has 4 rings (SSSR count). The number of rotatable bonds is 6. The lowest BCUT2D eigenvalue weighted by atomic mass is 9.98. The Morgan fingerprint density at radius 3 is 2.59 bits per heavy atom. The van der Waals surface area contributed by atoms with Crippen molar-refractivity contribution in [1.29, 1.82) is 0 Å². The highest BCUT2D eigenvalue weighted by Gasteiger charge is 2.15. The van der Waals surface area contributed by atoms with Crippen LogP contribution in [-0.4, -0.2) is 14.7 Å². The second kappa shape index (κ2) is 8.25. The molecule has 1 atom stereocenters. The van der Waals surface area contributed by atoms with Crippen LogP contribution in [0.15, 0.2) is 69.1 Å². The molecule has 2 heterocycles. The monoisotopic (exact) mass is 405 g/mol. The van der Waals surface area contributed by atoms with Gasteiger partial charge in [0.2, 0.25) is 0 Å². The number of thioether (sulfide) groups is 1. The molecule has 4 aromatic rings. The number of benzene rings is 2. The van der Waals surface area contributed by atoms with Crippen molar-refractivity contribution in [1.82, 2.24) is 14.7 Å². The van der Waals surface area contributed by atoms with Crippen molar-refractivity contribution in [3.05, 3.63) is 82.0 Å². The smallest absolute Gasteiger partial charge is 0.266 e. The van der Waals surface area contributed by atoms with Crippen LogP contribution in [0.2, 0.25) is 0 Å². The highest BCUT2D eigenvalue weighted by Crippen LogP contribution is 2.26. The van der Waals surface area contributed by atoms with E-state index in [2.05, 4.69) is 31.1 Å². The Labute approximate surface area is 173 Å². The van der Waals surface area contributed by atoms with Gasteiger partial charge in [0.15, 0.2) is 5.16 Å². The molecule has 5 nitrogen and oxygen atoms in total. The number of aryl methyl sites for hydroxylation is 1. The molecule has 0 saturated carbocycles. The van der Waals surface area contributed by atoms with Crippen LogP contribution in [-0.2, 0) is 5.75 Å². The molecule has 148 valence electrons. The number of para-hydroxylation sites is 1. The Morgan fingerprint density at radius 1 is 1.14 bits per heavy atom. The minimum absolute atomic E-state index is 0.0641. The van der Waals surface area contributed by atoms with Crippen molar-refractivity contribution < 1.29 is 4.52 Å². The van der Waals surface area contributed by atoms with Gasteiger partial charge in [-0.05, 0) is 49.1 Å². The molecule has 6 heteroatoms. The first-order valence-corrected chi connectivity index (χ1v) is 10.7. The van der Waals surface area contributed by atoms with E-state index in [4.69, 9.17) is 9.51 Å². The normalized spacial score (nSPS) is 12.4. The van der Waals surface area contributed by atoms with Crippen LogP contribution < -0.4 is 5.56 Å². The largest absolute Gasteiger partial charge is 0.361 e. The molecular formula is C23H23N3O2S. The fourth-order valence-corrected chi connectivity index (χ4v) is 4.14. The van der Waals surface area contributed by atoms with Crippen LogP contribution in [0.25, 0.3) is 16.6 Å². The number of nitrogens with zero attached hydrogens (tertiary/aromatic N) is 3. The Kier molecular flexibility index (Phi) is 5.53. The third-order valence-corrected chi connectivity index (χ3v) is 6.08. The van der Waals surface area contributed by atoms with Gasteiger partial charge in [-0.15, -0.1) is 0 Å². The third-order valence-electron chi connectivity index (χ3n) is 5.10. The quantitative estimate of drug-likeness (QED) is 0.314. The summed E-state index contributed by atoms with van der Waals surface area (Å²) in [7, 11) is 0. The van der Waals surface area contributed by atoms with E-state index < -0.39 is 0 Å². The zero-order valence-electron chi connectivity index (χ0n) is 16.8. The first-order valence-electron chi connectivity index (χ1n) is 9.74. The summed E-state index contributed by atoms with van der Waals surface area (Å²) in [4.78, 5) is 18.1. The van der Waals surface area contributed by atoms with Gasteiger partial charge in [0.1, 0.15) is 5.76 Å². The van der Waals surface area contributed by atoms with Gasteiger partial charge < -0.3 is 4.52 Å². The lowest BCUT2D eigenvalue weighted by molar-refractivity contribution is 0.393. The molecule has 0 bridgehead atoms. The fourth-order valence-electron chi connectivity index (χ4n) is 3.25. The van der Waals surface area contributed by atoms with Crippen LogP contribution in [0.3, 0.4) is 0 Å². The summed E-state index contributed by atoms with van der Waals surface area (Å²) in [5.41, 5.74) is 3.55. The summed E-state index contributed by atoms with van der Waals surface area (Å²) < 4.78 is 6.85. The molecule has 0 aliphatic carbocycles. The summed E-state index contributed by atoms with van der Waals surface area (Å²) in [5, 5.41) is 5.30. The van der Waals surface area contributed by atoms with Crippen LogP contribution in [0.5, 0.6) is 0 Å². The molecule has 0 aliphatic rings. The van der Waals surface area contributed by atoms with Crippen LogP contribution in [0, 0.1) is 6.92 Å². The standard InChI is InChI=1S/C23H23N3O2S/c1-4-15(2)17-9-11-19(12-10-17)26-22(27)20-7-5-6-8-21(20)24-23(26)29-14-18-13-16(3)28-25-18/h5-13,15H,4,14H2,1-3H3/t15-/m0/s1. The van der Waals surface area contributed by atoms with Crippen molar-refractivity contribution in [2.75, 3.05) is 0 Å². The Bertz CT molecular complexity index is 1190. The number of fused-ring (bicyclic) bond motifs is 1. The first-order chi connectivity index (χ1) is 14.1. The van der Waals surface area contributed by atoms with E-state index in [1.54, 1.807) is 4.57 Å². The molecule has 0 amide bonds. The van der Waals surface area contributed by atoms with E-state index in [1.807, 2.05) is 49.4 Å². The number of hydrogen-bond acceptors (Lipinski definition) is 5. The summed E-state index contributed by atoms with van der Waals surface area (Å²) in [6.45, 7) is 6.25. The second-order valence-electron chi connectivity index (χ2n) is 7.17. The molecule has 0 radical (unpaired) electrons. The summed E-state index contributed by atoms with van der Waals surface area (Å²) in [6, 6.07) is 17.6. The van der Waals surface area contributed by atoms with E-state index in [-0.39, 0.29) is 5.56 Å². The molecule has 0 fully saturated rings. The van der Waals surface area contributed by atoms with Crippen molar-refractivity contribution in [3.63, 3.8) is 0 Å². The lowest BCUT2D eigenvalue weighted by Crippen LogP contribution is -2.21. The SMILES string of the molecule is CC[C@H](C)c1ccc(-n2c(SCc3cc(C)on3)nc3ccccc3c2=O)cc1. The van der Waals surface area contributed by atoms with Gasteiger partial charge >= 0.3 is 0 Å². The number of aromatic nitrogens is 3. The molecule has 2 aromatic heterocycles. The lowest BCUT2D eigenvalue weighted by Gasteiger charge is -2.14. The summed E-state index contributed by atoms with van der Waals surface area (Å²) in [6.07, 6.45) is 1.08. The Balaban J connectivity index is 1.79. The fraction of sp³-hybridized carbons (Fsp3) is 0.261. The minimum atomic E-state index is -0.0641. The third kappa shape index (κ3) is 3.98. The van der Waals surface area contributed by atoms with Gasteiger partial charge in [-0.1, -0.05) is 55.0 Å². The van der Waals surface area contributed by atoms with Crippen molar-refractivity contribution in [3.8, 4) is 5.69 Å². The second-order valence-corrected chi connectivity index (χ2v) is 8.11. The topological polar surface area (TPSA) is 60.9 Å². The van der Waals surface area contributed by atoms with Gasteiger partial charge in [-0.2, -0.15) is 0 Å². The van der Waals surface area contributed by atoms with Crippen LogP contribution >= 0.6 is 11.8 Å².